The van der Waals surface area contributed by atoms with Crippen LogP contribution < -0.4 is 9.64 Å². The Kier molecular flexibility index (Phi) is 5.94. The maximum Gasteiger partial charge on any atom is 0.238 e. The first-order valence-corrected chi connectivity index (χ1v) is 13.0. The van der Waals surface area contributed by atoms with E-state index in [1.807, 2.05) is 24.3 Å². The molecule has 0 radical (unpaired) electrons. The zero-order valence-corrected chi connectivity index (χ0v) is 21.6. The highest BCUT2D eigenvalue weighted by molar-refractivity contribution is 6.24. The van der Waals surface area contributed by atoms with Crippen LogP contribution in [0.15, 0.2) is 89.1 Å². The zero-order chi connectivity index (χ0) is 27.4. The van der Waals surface area contributed by atoms with E-state index in [0.717, 1.165) is 11.1 Å². The molecule has 3 aliphatic carbocycles. The third kappa shape index (κ3) is 3.88. The Labute approximate surface area is 225 Å². The smallest absolute Gasteiger partial charge is 0.238 e. The zero-order valence-electron chi connectivity index (χ0n) is 21.6. The van der Waals surface area contributed by atoms with Gasteiger partial charge in [0.25, 0.3) is 0 Å². The molecule has 0 aromatic heterocycles. The number of imide groups is 1. The molecule has 0 spiro atoms. The van der Waals surface area contributed by atoms with Crippen LogP contribution in [0.4, 0.5) is 5.69 Å². The maximum absolute atomic E-state index is 13.8. The van der Waals surface area contributed by atoms with Crippen LogP contribution >= 0.6 is 0 Å². The van der Waals surface area contributed by atoms with Gasteiger partial charge in [-0.3, -0.25) is 24.1 Å². The van der Waals surface area contributed by atoms with Crippen molar-refractivity contribution in [1.82, 2.24) is 0 Å². The number of methoxy groups -OCH3 is 1. The quantitative estimate of drug-likeness (QED) is 0.359. The minimum absolute atomic E-state index is 0.0135. The summed E-state index contributed by atoms with van der Waals surface area (Å²) in [6.07, 6.45) is 7.71. The Bertz CT molecular complexity index is 1560. The Morgan fingerprint density at radius 2 is 1.77 bits per heavy atom. The van der Waals surface area contributed by atoms with Crippen LogP contribution in [0.25, 0.3) is 6.08 Å². The summed E-state index contributed by atoms with van der Waals surface area (Å²) in [5.41, 5.74) is 3.43. The van der Waals surface area contributed by atoms with E-state index >= 15 is 0 Å². The SMILES string of the molecule is COc1cc(C=C[C@H]2C3=CC[C@@H]4C(=O)N(c5ccccc5)C(=O)[C@@H]4[C@@H]3CC3=C2C(=O)C(C)=CC3=O)ccc1O. The van der Waals surface area contributed by atoms with Crippen LogP contribution in [-0.2, 0) is 19.2 Å². The average Bonchev–Trinajstić information content (AvgIpc) is 3.20. The van der Waals surface area contributed by atoms with Gasteiger partial charge in [-0.05, 0) is 61.6 Å². The number of aromatic hydroxyl groups is 1. The molecular weight excluding hydrogens is 494 g/mol. The minimum Gasteiger partial charge on any atom is -0.504 e. The number of fused-ring (bicyclic) bond motifs is 3. The molecule has 39 heavy (non-hydrogen) atoms. The summed E-state index contributed by atoms with van der Waals surface area (Å²) in [6, 6.07) is 13.8. The van der Waals surface area contributed by atoms with Crippen molar-refractivity contribution in [2.24, 2.45) is 23.7 Å². The second kappa shape index (κ2) is 9.34. The van der Waals surface area contributed by atoms with Crippen molar-refractivity contribution in [2.45, 2.75) is 19.8 Å². The monoisotopic (exact) mass is 521 g/mol. The van der Waals surface area contributed by atoms with Gasteiger partial charge in [0.15, 0.2) is 23.1 Å². The number of phenolic OH excluding ortho intramolecular Hbond substituents is 1. The fourth-order valence-electron chi connectivity index (χ4n) is 6.48. The minimum atomic E-state index is -0.605. The molecule has 2 aromatic carbocycles. The van der Waals surface area contributed by atoms with E-state index < -0.39 is 17.8 Å². The van der Waals surface area contributed by atoms with Crippen LogP contribution in [0, 0.1) is 23.7 Å². The van der Waals surface area contributed by atoms with Gasteiger partial charge in [-0.25, -0.2) is 0 Å². The standard InChI is InChI=1S/C32H27NO6/c1-17-14-26(35)24-16-23-20(11-12-22-29(23)32(38)33(31(22)37)19-6-4-3-5-7-19)21(28(24)30(17)36)10-8-18-9-13-25(34)27(15-18)39-2/h3-11,13-15,21-23,29,34H,12,16H2,1-2H3/t21-,22-,23+,29-/m0/s1. The van der Waals surface area contributed by atoms with Gasteiger partial charge < -0.3 is 9.84 Å². The third-order valence-electron chi connectivity index (χ3n) is 8.31. The number of hydrogen-bond donors (Lipinski definition) is 1. The molecule has 2 amide bonds. The van der Waals surface area contributed by atoms with Crippen molar-refractivity contribution in [3.05, 3.63) is 94.6 Å². The molecule has 1 N–H and O–H groups in total. The lowest BCUT2D eigenvalue weighted by Crippen LogP contribution is -2.40. The molecule has 1 fully saturated rings. The van der Waals surface area contributed by atoms with Gasteiger partial charge in [0.05, 0.1) is 24.6 Å². The number of benzene rings is 2. The molecule has 0 unspecified atom stereocenters. The van der Waals surface area contributed by atoms with Crippen molar-refractivity contribution in [1.29, 1.82) is 0 Å². The summed E-state index contributed by atoms with van der Waals surface area (Å²) in [5.74, 6) is -2.56. The lowest BCUT2D eigenvalue weighted by molar-refractivity contribution is -0.123. The van der Waals surface area contributed by atoms with Gasteiger partial charge in [0.1, 0.15) is 0 Å². The summed E-state index contributed by atoms with van der Waals surface area (Å²) in [6.45, 7) is 1.64. The number of para-hydroxylation sites is 1. The third-order valence-corrected chi connectivity index (χ3v) is 8.31. The highest BCUT2D eigenvalue weighted by atomic mass is 16.5. The molecule has 0 bridgehead atoms. The molecule has 6 rings (SSSR count). The lowest BCUT2D eigenvalue weighted by Gasteiger charge is -2.41. The molecule has 0 saturated carbocycles. The van der Waals surface area contributed by atoms with Crippen molar-refractivity contribution in [2.75, 3.05) is 12.0 Å². The van der Waals surface area contributed by atoms with Gasteiger partial charge in [-0.15, -0.1) is 0 Å². The number of carbonyl (C=O) groups excluding carboxylic acids is 4. The molecule has 7 nitrogen and oxygen atoms in total. The largest absolute Gasteiger partial charge is 0.504 e. The number of hydrogen-bond acceptors (Lipinski definition) is 6. The predicted octanol–water partition coefficient (Wildman–Crippen LogP) is 4.58. The number of anilines is 1. The fraction of sp³-hybridized carbons (Fsp3) is 0.250. The number of Topliss-reactive ketones (excluding diaryl/α,β-unsaturated/α-hetero) is 1. The summed E-state index contributed by atoms with van der Waals surface area (Å²) in [7, 11) is 1.47. The van der Waals surface area contributed by atoms with E-state index in [-0.39, 0.29) is 41.5 Å². The van der Waals surface area contributed by atoms with Crippen LogP contribution in [-0.4, -0.2) is 35.6 Å². The van der Waals surface area contributed by atoms with Crippen molar-refractivity contribution >= 4 is 35.1 Å². The first-order valence-electron chi connectivity index (χ1n) is 13.0. The molecular formula is C32H27NO6. The second-order valence-corrected chi connectivity index (χ2v) is 10.4. The number of ketones is 2. The van der Waals surface area contributed by atoms with E-state index in [2.05, 4.69) is 0 Å². The molecule has 4 atom stereocenters. The van der Waals surface area contributed by atoms with E-state index in [1.165, 1.54) is 24.2 Å². The normalized spacial score (nSPS) is 26.4. The summed E-state index contributed by atoms with van der Waals surface area (Å²) in [4.78, 5) is 55.1. The Hall–Kier alpha value is -4.52. The van der Waals surface area contributed by atoms with Crippen LogP contribution in [0.5, 0.6) is 11.5 Å². The van der Waals surface area contributed by atoms with Crippen molar-refractivity contribution in [3.63, 3.8) is 0 Å². The number of amides is 2. The van der Waals surface area contributed by atoms with Crippen LogP contribution in [0.1, 0.15) is 25.3 Å². The van der Waals surface area contributed by atoms with Gasteiger partial charge in [0.2, 0.25) is 11.8 Å². The first-order chi connectivity index (χ1) is 18.8. The van der Waals surface area contributed by atoms with Gasteiger partial charge in [-0.2, -0.15) is 0 Å². The van der Waals surface area contributed by atoms with Gasteiger partial charge in [0, 0.05) is 22.6 Å². The van der Waals surface area contributed by atoms with E-state index in [0.29, 0.717) is 34.6 Å². The fourth-order valence-corrected chi connectivity index (χ4v) is 6.48. The molecule has 1 aliphatic heterocycles. The number of nitrogens with zero attached hydrogens (tertiary/aromatic N) is 1. The molecule has 4 aliphatic rings. The number of phenols is 1. The van der Waals surface area contributed by atoms with Crippen molar-refractivity contribution < 1.29 is 29.0 Å². The van der Waals surface area contributed by atoms with Gasteiger partial charge in [-0.1, -0.05) is 48.1 Å². The summed E-state index contributed by atoms with van der Waals surface area (Å²) < 4.78 is 5.23. The van der Waals surface area contributed by atoms with Crippen LogP contribution in [0.2, 0.25) is 0 Å². The second-order valence-electron chi connectivity index (χ2n) is 10.4. The lowest BCUT2D eigenvalue weighted by atomic mass is 9.60. The number of rotatable bonds is 4. The van der Waals surface area contributed by atoms with Crippen molar-refractivity contribution in [3.8, 4) is 11.5 Å². The molecule has 1 heterocycles. The topological polar surface area (TPSA) is 101 Å². The Morgan fingerprint density at radius 3 is 2.51 bits per heavy atom. The Morgan fingerprint density at radius 1 is 1.00 bits per heavy atom. The first kappa shape index (κ1) is 24.8. The number of ether oxygens (including phenoxy) is 1. The molecule has 2 aromatic rings. The van der Waals surface area contributed by atoms with Gasteiger partial charge >= 0.3 is 0 Å². The van der Waals surface area contributed by atoms with E-state index in [9.17, 15) is 24.3 Å². The summed E-state index contributed by atoms with van der Waals surface area (Å²) >= 11 is 0. The Balaban J connectivity index is 1.43. The highest BCUT2D eigenvalue weighted by Crippen LogP contribution is 2.53. The maximum atomic E-state index is 13.8. The summed E-state index contributed by atoms with van der Waals surface area (Å²) in [5, 5.41) is 9.97. The van der Waals surface area contributed by atoms with Crippen LogP contribution in [0.3, 0.4) is 0 Å². The van der Waals surface area contributed by atoms with E-state index in [1.54, 1.807) is 43.3 Å². The predicted molar refractivity (Wildman–Crippen MR) is 145 cm³/mol. The number of carbonyl (C=O) groups is 4. The highest BCUT2D eigenvalue weighted by Gasteiger charge is 2.56. The average molecular weight is 522 g/mol. The van der Waals surface area contributed by atoms with E-state index in [4.69, 9.17) is 4.74 Å². The number of allylic oxidation sites excluding steroid dienone is 7. The molecule has 7 heteroatoms. The molecule has 1 saturated heterocycles. The molecule has 196 valence electrons.